The largest absolute Gasteiger partial charge is 0.481 e. The molecule has 0 spiro atoms. The average molecular weight is 609 g/mol. The third-order valence-electron chi connectivity index (χ3n) is 7.01. The zero-order valence-corrected chi connectivity index (χ0v) is 24.5. The van der Waals surface area contributed by atoms with Crippen LogP contribution in [0.15, 0.2) is 71.9 Å². The molecule has 11 heteroatoms. The summed E-state index contributed by atoms with van der Waals surface area (Å²) in [6, 6.07) is 18.0. The summed E-state index contributed by atoms with van der Waals surface area (Å²) in [6.07, 6.45) is 4.06. The van der Waals surface area contributed by atoms with E-state index in [2.05, 4.69) is 10.3 Å². The monoisotopic (exact) mass is 608 g/mol. The van der Waals surface area contributed by atoms with Crippen LogP contribution in [-0.2, 0) is 25.7 Å². The molecule has 1 aliphatic rings. The van der Waals surface area contributed by atoms with Crippen molar-refractivity contribution in [2.75, 3.05) is 11.1 Å². The van der Waals surface area contributed by atoms with Crippen molar-refractivity contribution in [2.45, 2.75) is 75.1 Å². The van der Waals surface area contributed by atoms with Gasteiger partial charge in [0.05, 0.1) is 24.4 Å². The fraction of sp³-hybridized carbons (Fsp3) is 0.375. The van der Waals surface area contributed by atoms with Crippen molar-refractivity contribution in [1.82, 2.24) is 4.98 Å². The number of benzene rings is 2. The van der Waals surface area contributed by atoms with Gasteiger partial charge < -0.3 is 30.1 Å². The van der Waals surface area contributed by atoms with Crippen LogP contribution in [0.2, 0.25) is 0 Å². The number of aliphatic hydroxyl groups excluding tert-OH is 1. The van der Waals surface area contributed by atoms with Gasteiger partial charge in [0.2, 0.25) is 5.91 Å². The lowest BCUT2D eigenvalue weighted by Crippen LogP contribution is -2.31. The summed E-state index contributed by atoms with van der Waals surface area (Å²) >= 11 is 1.32. The molecule has 1 aromatic heterocycles. The lowest BCUT2D eigenvalue weighted by molar-refractivity contribution is -0.245. The molecule has 4 N–H and O–H groups in total. The van der Waals surface area contributed by atoms with Gasteiger partial charge in [0.15, 0.2) is 6.29 Å². The predicted octanol–water partition coefficient (Wildman–Crippen LogP) is 5.97. The number of aromatic nitrogens is 1. The van der Waals surface area contributed by atoms with E-state index in [9.17, 15) is 24.6 Å². The maximum atomic E-state index is 12.5. The quantitative estimate of drug-likeness (QED) is 0.120. The number of pyridine rings is 1. The molecule has 0 aliphatic carbocycles. The molecular formula is C32H36N2O8S. The highest BCUT2D eigenvalue weighted by atomic mass is 32.2. The lowest BCUT2D eigenvalue weighted by atomic mass is 10.0. The van der Waals surface area contributed by atoms with Crippen molar-refractivity contribution in [1.29, 1.82) is 0 Å². The SMILES string of the molecule is O=C(O)CCCCCCC(=O)Nc1cccc([C@H]2O[C@@H](CSc3ncccc3C(=O)O)C[C@@H](c3ccc(CO)cc3)O2)c1. The number of carboxylic acid groups (broad SMARTS) is 2. The van der Waals surface area contributed by atoms with E-state index in [0.29, 0.717) is 42.1 Å². The molecule has 2 aromatic carbocycles. The number of hydrogen-bond acceptors (Lipinski definition) is 8. The molecule has 3 aromatic rings. The van der Waals surface area contributed by atoms with Gasteiger partial charge in [0, 0.05) is 42.5 Å². The van der Waals surface area contributed by atoms with Crippen molar-refractivity contribution in [3.63, 3.8) is 0 Å². The van der Waals surface area contributed by atoms with E-state index in [1.165, 1.54) is 17.8 Å². The van der Waals surface area contributed by atoms with Crippen molar-refractivity contribution < 1.29 is 39.2 Å². The molecule has 2 heterocycles. The molecule has 43 heavy (non-hydrogen) atoms. The minimum atomic E-state index is -1.04. The van der Waals surface area contributed by atoms with Crippen LogP contribution in [0.5, 0.6) is 0 Å². The Morgan fingerprint density at radius 3 is 2.40 bits per heavy atom. The predicted molar refractivity (Wildman–Crippen MR) is 161 cm³/mol. The van der Waals surface area contributed by atoms with Gasteiger partial charge >= 0.3 is 11.9 Å². The number of unbranched alkanes of at least 4 members (excludes halogenated alkanes) is 3. The van der Waals surface area contributed by atoms with Gasteiger partial charge in [-0.15, -0.1) is 11.8 Å². The number of aliphatic hydroxyl groups is 1. The number of aromatic carboxylic acids is 1. The second-order valence-corrected chi connectivity index (χ2v) is 11.3. The Kier molecular flexibility index (Phi) is 12.1. The Balaban J connectivity index is 1.43. The molecule has 3 atom stereocenters. The molecule has 0 radical (unpaired) electrons. The van der Waals surface area contributed by atoms with Crippen LogP contribution < -0.4 is 5.32 Å². The number of carbonyl (C=O) groups is 3. The normalized spacial score (nSPS) is 18.2. The van der Waals surface area contributed by atoms with E-state index in [0.717, 1.165) is 29.5 Å². The maximum Gasteiger partial charge on any atom is 0.338 e. The van der Waals surface area contributed by atoms with E-state index < -0.39 is 18.2 Å². The van der Waals surface area contributed by atoms with Crippen LogP contribution in [0.3, 0.4) is 0 Å². The maximum absolute atomic E-state index is 12.5. The number of nitrogens with zero attached hydrogens (tertiary/aromatic N) is 1. The summed E-state index contributed by atoms with van der Waals surface area (Å²) in [5, 5.41) is 31.1. The van der Waals surface area contributed by atoms with Crippen molar-refractivity contribution in [2.24, 2.45) is 0 Å². The number of amides is 1. The third kappa shape index (κ3) is 9.89. The molecule has 0 saturated carbocycles. The molecule has 1 aliphatic heterocycles. The highest BCUT2D eigenvalue weighted by molar-refractivity contribution is 7.99. The molecule has 1 saturated heterocycles. The highest BCUT2D eigenvalue weighted by Gasteiger charge is 2.32. The Morgan fingerprint density at radius 2 is 1.67 bits per heavy atom. The van der Waals surface area contributed by atoms with Crippen molar-refractivity contribution in [3.05, 3.63) is 89.1 Å². The minimum absolute atomic E-state index is 0.0595. The van der Waals surface area contributed by atoms with Gasteiger partial charge in [-0.2, -0.15) is 0 Å². The van der Waals surface area contributed by atoms with E-state index >= 15 is 0 Å². The fourth-order valence-electron chi connectivity index (χ4n) is 4.77. The van der Waals surface area contributed by atoms with Gasteiger partial charge in [0.25, 0.3) is 0 Å². The summed E-state index contributed by atoms with van der Waals surface area (Å²) in [6.45, 7) is -0.0595. The molecule has 10 nitrogen and oxygen atoms in total. The number of carbonyl (C=O) groups excluding carboxylic acids is 1. The smallest absolute Gasteiger partial charge is 0.338 e. The Hall–Kier alpha value is -3.77. The van der Waals surface area contributed by atoms with Crippen LogP contribution in [0, 0.1) is 0 Å². The van der Waals surface area contributed by atoms with Gasteiger partial charge in [-0.1, -0.05) is 49.2 Å². The Labute approximate surface area is 254 Å². The topological polar surface area (TPSA) is 155 Å². The lowest BCUT2D eigenvalue weighted by Gasteiger charge is -2.36. The number of nitrogens with one attached hydrogen (secondary N) is 1. The molecule has 228 valence electrons. The van der Waals surface area contributed by atoms with Gasteiger partial charge in [0.1, 0.15) is 5.03 Å². The average Bonchev–Trinajstić information content (AvgIpc) is 3.01. The molecule has 0 unspecified atom stereocenters. The first-order valence-corrected chi connectivity index (χ1v) is 15.2. The fourth-order valence-corrected chi connectivity index (χ4v) is 5.77. The van der Waals surface area contributed by atoms with E-state index in [4.69, 9.17) is 14.6 Å². The van der Waals surface area contributed by atoms with Crippen LogP contribution in [-0.4, -0.2) is 50.0 Å². The number of thioether (sulfide) groups is 1. The Bertz CT molecular complexity index is 1380. The van der Waals surface area contributed by atoms with Gasteiger partial charge in [-0.3, -0.25) is 9.59 Å². The van der Waals surface area contributed by atoms with Gasteiger partial charge in [-0.05, 0) is 48.2 Å². The van der Waals surface area contributed by atoms with Crippen LogP contribution >= 0.6 is 11.8 Å². The second kappa shape index (κ2) is 16.2. The molecular weight excluding hydrogens is 572 g/mol. The minimum Gasteiger partial charge on any atom is -0.481 e. The highest BCUT2D eigenvalue weighted by Crippen LogP contribution is 2.40. The van der Waals surface area contributed by atoms with Crippen molar-refractivity contribution in [3.8, 4) is 0 Å². The summed E-state index contributed by atoms with van der Waals surface area (Å²) in [5.74, 6) is -1.52. The number of aliphatic carboxylic acids is 1. The number of hydrogen-bond donors (Lipinski definition) is 4. The zero-order valence-electron chi connectivity index (χ0n) is 23.7. The van der Waals surface area contributed by atoms with Crippen molar-refractivity contribution >= 4 is 35.3 Å². The number of rotatable bonds is 15. The summed E-state index contributed by atoms with van der Waals surface area (Å²) < 4.78 is 12.8. The number of carboxylic acids is 2. The molecule has 4 rings (SSSR count). The van der Waals surface area contributed by atoms with Gasteiger partial charge in [-0.25, -0.2) is 9.78 Å². The van der Waals surface area contributed by atoms with E-state index in [1.54, 1.807) is 18.3 Å². The number of anilines is 1. The van der Waals surface area contributed by atoms with Crippen LogP contribution in [0.25, 0.3) is 0 Å². The molecule has 1 fully saturated rings. The number of ether oxygens (including phenoxy) is 2. The molecule has 1 amide bonds. The van der Waals surface area contributed by atoms with Crippen LogP contribution in [0.4, 0.5) is 5.69 Å². The van der Waals surface area contributed by atoms with E-state index in [1.807, 2.05) is 42.5 Å². The molecule has 0 bridgehead atoms. The second-order valence-electron chi connectivity index (χ2n) is 10.3. The summed E-state index contributed by atoms with van der Waals surface area (Å²) in [5.41, 5.74) is 3.19. The first kappa shape index (κ1) is 32.2. The Morgan fingerprint density at radius 1 is 0.907 bits per heavy atom. The summed E-state index contributed by atoms with van der Waals surface area (Å²) in [7, 11) is 0. The zero-order chi connectivity index (χ0) is 30.6. The first-order chi connectivity index (χ1) is 20.8. The third-order valence-corrected chi connectivity index (χ3v) is 8.15. The van der Waals surface area contributed by atoms with Crippen LogP contribution in [0.1, 0.15) is 84.4 Å². The summed E-state index contributed by atoms with van der Waals surface area (Å²) in [4.78, 5) is 39.1. The van der Waals surface area contributed by atoms with E-state index in [-0.39, 0.29) is 36.7 Å². The first-order valence-electron chi connectivity index (χ1n) is 14.3. The standard InChI is InChI=1S/C32H36N2O8S/c35-19-21-12-14-22(15-13-21)27-18-25(20-43-30-26(31(39)40)9-6-16-33-30)41-32(42-27)23-7-5-8-24(17-23)34-28(36)10-3-1-2-4-11-29(37)38/h5-9,12-17,25,27,32,35H,1-4,10-11,18-20H2,(H,34,36)(H,37,38)(H,39,40)/t25-,27+,32+/m1/s1.